The second-order valence-corrected chi connectivity index (χ2v) is 8.68. The van der Waals surface area contributed by atoms with Crippen LogP contribution in [0.4, 0.5) is 5.69 Å². The van der Waals surface area contributed by atoms with Crippen LogP contribution in [0.3, 0.4) is 0 Å². The van der Waals surface area contributed by atoms with Crippen LogP contribution >= 0.6 is 11.8 Å². The molecule has 1 aromatic heterocycles. The fourth-order valence-electron chi connectivity index (χ4n) is 3.22. The van der Waals surface area contributed by atoms with Crippen LogP contribution in [0.1, 0.15) is 36.5 Å². The van der Waals surface area contributed by atoms with Gasteiger partial charge in [0.25, 0.3) is 5.91 Å². The van der Waals surface area contributed by atoms with Crippen molar-refractivity contribution < 1.29 is 19.1 Å². The molecule has 1 aliphatic heterocycles. The number of benzene rings is 2. The van der Waals surface area contributed by atoms with Gasteiger partial charge in [-0.3, -0.25) is 14.4 Å². The van der Waals surface area contributed by atoms with E-state index in [1.54, 1.807) is 30.3 Å². The molecule has 0 saturated carbocycles. The average molecular weight is 449 g/mol. The summed E-state index contributed by atoms with van der Waals surface area (Å²) in [5.74, 6) is -0.989. The molecule has 0 unspecified atom stereocenters. The van der Waals surface area contributed by atoms with Gasteiger partial charge in [0.05, 0.1) is 28.0 Å². The summed E-state index contributed by atoms with van der Waals surface area (Å²) in [7, 11) is 0. The van der Waals surface area contributed by atoms with Crippen molar-refractivity contribution in [2.24, 2.45) is 4.99 Å². The highest BCUT2D eigenvalue weighted by atomic mass is 32.2. The van der Waals surface area contributed by atoms with Crippen LogP contribution in [0.5, 0.6) is 0 Å². The Balaban J connectivity index is 1.60. The van der Waals surface area contributed by atoms with Crippen molar-refractivity contribution >= 4 is 51.5 Å². The summed E-state index contributed by atoms with van der Waals surface area (Å²) in [5, 5.41) is 12.4. The van der Waals surface area contributed by atoms with Gasteiger partial charge in [0, 0.05) is 0 Å². The van der Waals surface area contributed by atoms with E-state index >= 15 is 0 Å². The molecule has 2 heterocycles. The molecule has 0 atom stereocenters. The summed E-state index contributed by atoms with van der Waals surface area (Å²) in [5.41, 5.74) is 2.86. The van der Waals surface area contributed by atoms with E-state index in [9.17, 15) is 14.4 Å². The molecule has 162 valence electrons. The Kier molecular flexibility index (Phi) is 5.96. The van der Waals surface area contributed by atoms with E-state index in [4.69, 9.17) is 9.52 Å². The average Bonchev–Trinajstić information content (AvgIpc) is 3.09. The van der Waals surface area contributed by atoms with Gasteiger partial charge in [0.15, 0.2) is 10.6 Å². The Morgan fingerprint density at radius 3 is 2.62 bits per heavy atom. The predicted octanol–water partition coefficient (Wildman–Crippen LogP) is 4.44. The highest BCUT2D eigenvalue weighted by molar-refractivity contribution is 8.18. The first-order valence-electron chi connectivity index (χ1n) is 9.96. The predicted molar refractivity (Wildman–Crippen MR) is 125 cm³/mol. The van der Waals surface area contributed by atoms with Crippen LogP contribution < -0.4 is 10.7 Å². The maximum atomic E-state index is 13.0. The lowest BCUT2D eigenvalue weighted by Gasteiger charge is -2.06. The molecular weight excluding hydrogens is 428 g/mol. The third-order valence-electron chi connectivity index (χ3n) is 4.95. The summed E-state index contributed by atoms with van der Waals surface area (Å²) in [6.45, 7) is 4.10. The molecule has 1 fully saturated rings. The van der Waals surface area contributed by atoms with E-state index in [1.807, 2.05) is 12.1 Å². The van der Waals surface area contributed by atoms with Gasteiger partial charge >= 0.3 is 5.97 Å². The van der Waals surface area contributed by atoms with E-state index in [1.165, 1.54) is 12.3 Å². The van der Waals surface area contributed by atoms with Crippen molar-refractivity contribution in [2.75, 3.05) is 0 Å². The smallest absolute Gasteiger partial charge is 0.307 e. The number of carboxylic acids is 1. The van der Waals surface area contributed by atoms with E-state index in [-0.39, 0.29) is 29.2 Å². The Bertz CT molecular complexity index is 1340. The van der Waals surface area contributed by atoms with Gasteiger partial charge < -0.3 is 14.8 Å². The molecule has 0 radical (unpaired) electrons. The molecule has 8 heteroatoms. The topological polar surface area (TPSA) is 109 Å². The first-order chi connectivity index (χ1) is 15.3. The first-order valence-corrected chi connectivity index (χ1v) is 10.8. The number of amidine groups is 1. The number of carbonyl (C=O) groups excluding carboxylic acids is 1. The van der Waals surface area contributed by atoms with Crippen molar-refractivity contribution in [1.82, 2.24) is 5.32 Å². The van der Waals surface area contributed by atoms with Crippen molar-refractivity contribution in [3.8, 4) is 0 Å². The number of carbonyl (C=O) groups is 2. The van der Waals surface area contributed by atoms with E-state index < -0.39 is 5.97 Å². The number of thioether (sulfide) groups is 1. The van der Waals surface area contributed by atoms with Crippen molar-refractivity contribution in [3.63, 3.8) is 0 Å². The molecule has 0 aliphatic carbocycles. The number of hydrogen-bond donors (Lipinski definition) is 2. The molecule has 3 aromatic rings. The van der Waals surface area contributed by atoms with E-state index in [0.717, 1.165) is 17.3 Å². The molecule has 0 bridgehead atoms. The summed E-state index contributed by atoms with van der Waals surface area (Å²) in [6.07, 6.45) is 2.80. The minimum atomic E-state index is -0.906. The zero-order chi connectivity index (χ0) is 22.8. The van der Waals surface area contributed by atoms with Crippen LogP contribution in [0, 0.1) is 0 Å². The highest BCUT2D eigenvalue weighted by Gasteiger charge is 2.24. The SMILES string of the molecule is CC(C)c1ccc2occ(C=C3SC(=Nc4ccc(CC(=O)O)cc4)NC3=O)c(=O)c2c1. The number of hydrogen-bond acceptors (Lipinski definition) is 6. The van der Waals surface area contributed by atoms with Crippen LogP contribution in [0.15, 0.2) is 67.8 Å². The maximum absolute atomic E-state index is 13.0. The van der Waals surface area contributed by atoms with Gasteiger partial charge in [-0.2, -0.15) is 0 Å². The summed E-state index contributed by atoms with van der Waals surface area (Å²) in [4.78, 5) is 40.9. The zero-order valence-electron chi connectivity index (χ0n) is 17.4. The van der Waals surface area contributed by atoms with Crippen LogP contribution in [0.2, 0.25) is 0 Å². The third kappa shape index (κ3) is 4.65. The Morgan fingerprint density at radius 2 is 1.94 bits per heavy atom. The number of aliphatic imine (C=N–C) groups is 1. The number of nitrogens with zero attached hydrogens (tertiary/aromatic N) is 1. The van der Waals surface area contributed by atoms with Crippen LogP contribution in [-0.4, -0.2) is 22.2 Å². The van der Waals surface area contributed by atoms with Gasteiger partial charge in [0.2, 0.25) is 0 Å². The van der Waals surface area contributed by atoms with E-state index in [2.05, 4.69) is 24.2 Å². The highest BCUT2D eigenvalue weighted by Crippen LogP contribution is 2.28. The Hall–Kier alpha value is -3.65. The third-order valence-corrected chi connectivity index (χ3v) is 5.86. The number of rotatable bonds is 5. The van der Waals surface area contributed by atoms with Gasteiger partial charge in [-0.25, -0.2) is 4.99 Å². The molecule has 1 aliphatic rings. The zero-order valence-corrected chi connectivity index (χ0v) is 18.2. The van der Waals surface area contributed by atoms with Crippen LogP contribution in [0.25, 0.3) is 17.0 Å². The molecule has 0 spiro atoms. The number of aliphatic carboxylic acids is 1. The van der Waals surface area contributed by atoms with Crippen molar-refractivity contribution in [2.45, 2.75) is 26.2 Å². The van der Waals surface area contributed by atoms with Gasteiger partial charge in [-0.15, -0.1) is 0 Å². The standard InChI is InChI=1S/C24H20N2O5S/c1-13(2)15-5-8-19-18(10-15)22(29)16(12-31-19)11-20-23(30)26-24(32-20)25-17-6-3-14(4-7-17)9-21(27)28/h3-8,10-13H,9H2,1-2H3,(H,27,28)(H,25,26,30). The molecule has 32 heavy (non-hydrogen) atoms. The number of nitrogens with one attached hydrogen (secondary N) is 1. The Morgan fingerprint density at radius 1 is 1.19 bits per heavy atom. The van der Waals surface area contributed by atoms with Gasteiger partial charge in [-0.05, 0) is 59.1 Å². The number of fused-ring (bicyclic) bond motifs is 1. The normalized spacial score (nSPS) is 16.3. The fourth-order valence-corrected chi connectivity index (χ4v) is 4.06. The second-order valence-electron chi connectivity index (χ2n) is 7.65. The first kappa shape index (κ1) is 21.6. The molecule has 2 N–H and O–H groups in total. The lowest BCUT2D eigenvalue weighted by Crippen LogP contribution is -2.19. The molecular formula is C24H20N2O5S. The summed E-state index contributed by atoms with van der Waals surface area (Å²) in [6, 6.07) is 12.3. The quantitative estimate of drug-likeness (QED) is 0.559. The van der Waals surface area contributed by atoms with Crippen molar-refractivity contribution in [1.29, 1.82) is 0 Å². The largest absolute Gasteiger partial charge is 0.481 e. The molecule has 1 amide bonds. The minimum absolute atomic E-state index is 0.0672. The number of amides is 1. The second kappa shape index (κ2) is 8.84. The fraction of sp³-hybridized carbons (Fsp3) is 0.167. The molecule has 2 aromatic carbocycles. The summed E-state index contributed by atoms with van der Waals surface area (Å²) >= 11 is 1.12. The monoisotopic (exact) mass is 448 g/mol. The Labute approximate surface area is 187 Å². The lowest BCUT2D eigenvalue weighted by molar-refractivity contribution is -0.136. The number of carboxylic acid groups (broad SMARTS) is 1. The molecule has 4 rings (SSSR count). The summed E-state index contributed by atoms with van der Waals surface area (Å²) < 4.78 is 5.61. The maximum Gasteiger partial charge on any atom is 0.307 e. The lowest BCUT2D eigenvalue weighted by atomic mass is 10.0. The van der Waals surface area contributed by atoms with E-state index in [0.29, 0.717) is 32.3 Å². The van der Waals surface area contributed by atoms with Crippen LogP contribution in [-0.2, 0) is 16.0 Å². The van der Waals surface area contributed by atoms with Crippen molar-refractivity contribution in [3.05, 3.63) is 80.5 Å². The van der Waals surface area contributed by atoms with Gasteiger partial charge in [-0.1, -0.05) is 32.0 Å². The minimum Gasteiger partial charge on any atom is -0.481 e. The van der Waals surface area contributed by atoms with Gasteiger partial charge in [0.1, 0.15) is 11.8 Å². The molecule has 1 saturated heterocycles. The molecule has 7 nitrogen and oxygen atoms in total.